The van der Waals surface area contributed by atoms with Gasteiger partial charge in [-0.2, -0.15) is 0 Å². The summed E-state index contributed by atoms with van der Waals surface area (Å²) in [5.74, 6) is -0.104. The molecule has 3 aromatic rings. The third-order valence-electron chi connectivity index (χ3n) is 3.91. The van der Waals surface area contributed by atoms with Gasteiger partial charge >= 0.3 is 0 Å². The van der Waals surface area contributed by atoms with E-state index in [0.717, 1.165) is 28.0 Å². The molecule has 1 N–H and O–H groups in total. The molecule has 116 valence electrons. The Morgan fingerprint density at radius 1 is 0.913 bits per heavy atom. The second-order valence-corrected chi connectivity index (χ2v) is 5.77. The number of benzene rings is 2. The second kappa shape index (κ2) is 6.16. The van der Waals surface area contributed by atoms with Crippen molar-refractivity contribution in [3.63, 3.8) is 0 Å². The molecule has 0 saturated carbocycles. The Bertz CT molecular complexity index is 870. The molecule has 0 unspecified atom stereocenters. The summed E-state index contributed by atoms with van der Waals surface area (Å²) in [5, 5.41) is 2.94. The molecule has 0 atom stereocenters. The summed E-state index contributed by atoms with van der Waals surface area (Å²) in [6.07, 6.45) is 0. The smallest absolute Gasteiger partial charge is 0.251 e. The molecule has 0 aliphatic carbocycles. The van der Waals surface area contributed by atoms with Gasteiger partial charge in [0.25, 0.3) is 5.91 Å². The van der Waals surface area contributed by atoms with Crippen LogP contribution < -0.4 is 5.32 Å². The highest BCUT2D eigenvalue weighted by Crippen LogP contribution is 2.14. The lowest BCUT2D eigenvalue weighted by molar-refractivity contribution is 0.0951. The molecule has 0 radical (unpaired) electrons. The number of amides is 1. The van der Waals surface area contributed by atoms with Crippen molar-refractivity contribution >= 4 is 16.9 Å². The lowest BCUT2D eigenvalue weighted by Gasteiger charge is -2.07. The third-order valence-corrected chi connectivity index (χ3v) is 3.91. The Balaban J connectivity index is 1.77. The first-order chi connectivity index (χ1) is 11.0. The largest absolute Gasteiger partial charge is 0.348 e. The van der Waals surface area contributed by atoms with E-state index in [4.69, 9.17) is 0 Å². The maximum Gasteiger partial charge on any atom is 0.251 e. The van der Waals surface area contributed by atoms with Crippen molar-refractivity contribution in [1.29, 1.82) is 0 Å². The van der Waals surface area contributed by atoms with Crippen LogP contribution in [-0.4, -0.2) is 15.9 Å². The zero-order valence-corrected chi connectivity index (χ0v) is 13.6. The molecule has 4 heteroatoms. The lowest BCUT2D eigenvalue weighted by atomic mass is 10.1. The summed E-state index contributed by atoms with van der Waals surface area (Å²) in [5.41, 5.74) is 6.24. The average Bonchev–Trinajstić information content (AvgIpc) is 2.54. The fourth-order valence-electron chi connectivity index (χ4n) is 2.36. The van der Waals surface area contributed by atoms with Gasteiger partial charge in [-0.25, -0.2) is 9.97 Å². The number of fused-ring (bicyclic) bond motifs is 1. The van der Waals surface area contributed by atoms with Gasteiger partial charge in [0.1, 0.15) is 0 Å². The zero-order valence-electron chi connectivity index (χ0n) is 13.6. The van der Waals surface area contributed by atoms with E-state index in [2.05, 4.69) is 15.3 Å². The minimum atomic E-state index is -0.104. The van der Waals surface area contributed by atoms with E-state index in [9.17, 15) is 4.79 Å². The van der Waals surface area contributed by atoms with Crippen molar-refractivity contribution < 1.29 is 4.79 Å². The normalized spacial score (nSPS) is 10.7. The van der Waals surface area contributed by atoms with Gasteiger partial charge in [0.2, 0.25) is 0 Å². The molecule has 1 heterocycles. The number of aryl methyl sites for hydroxylation is 3. The molecule has 0 fully saturated rings. The van der Waals surface area contributed by atoms with Crippen molar-refractivity contribution in [2.75, 3.05) is 0 Å². The van der Waals surface area contributed by atoms with E-state index in [-0.39, 0.29) is 5.91 Å². The van der Waals surface area contributed by atoms with Crippen LogP contribution >= 0.6 is 0 Å². The van der Waals surface area contributed by atoms with Gasteiger partial charge in [0, 0.05) is 12.1 Å². The molecular weight excluding hydrogens is 286 g/mol. The van der Waals surface area contributed by atoms with E-state index in [1.165, 1.54) is 5.56 Å². The molecule has 1 aromatic heterocycles. The zero-order chi connectivity index (χ0) is 16.4. The minimum absolute atomic E-state index is 0.104. The predicted octanol–water partition coefficient (Wildman–Crippen LogP) is 3.49. The van der Waals surface area contributed by atoms with Crippen LogP contribution in [0.25, 0.3) is 11.0 Å². The SMILES string of the molecule is Cc1ccc(CNC(=O)c2ccc3nc(C)c(C)nc3c2)cc1. The molecule has 4 nitrogen and oxygen atoms in total. The number of carbonyl (C=O) groups excluding carboxylic acids is 1. The van der Waals surface area contributed by atoms with E-state index in [0.29, 0.717) is 12.1 Å². The van der Waals surface area contributed by atoms with Crippen molar-refractivity contribution in [1.82, 2.24) is 15.3 Å². The maximum atomic E-state index is 12.3. The van der Waals surface area contributed by atoms with Crippen molar-refractivity contribution in [3.05, 3.63) is 70.5 Å². The van der Waals surface area contributed by atoms with Gasteiger partial charge in [0.15, 0.2) is 0 Å². The Morgan fingerprint density at radius 3 is 2.26 bits per heavy atom. The number of hydrogen-bond donors (Lipinski definition) is 1. The Kier molecular flexibility index (Phi) is 4.06. The number of nitrogens with zero attached hydrogens (tertiary/aromatic N) is 2. The topological polar surface area (TPSA) is 54.9 Å². The fourth-order valence-corrected chi connectivity index (χ4v) is 2.36. The van der Waals surface area contributed by atoms with Crippen molar-refractivity contribution in [3.8, 4) is 0 Å². The predicted molar refractivity (Wildman–Crippen MR) is 91.4 cm³/mol. The summed E-state index contributed by atoms with van der Waals surface area (Å²) in [6.45, 7) is 6.41. The van der Waals surface area contributed by atoms with Crippen LogP contribution in [0, 0.1) is 20.8 Å². The van der Waals surface area contributed by atoms with Gasteiger partial charge in [-0.05, 0) is 44.5 Å². The van der Waals surface area contributed by atoms with Crippen LogP contribution in [0.2, 0.25) is 0 Å². The van der Waals surface area contributed by atoms with Crippen LogP contribution in [0.5, 0.6) is 0 Å². The van der Waals surface area contributed by atoms with Gasteiger partial charge in [-0.3, -0.25) is 4.79 Å². The number of hydrogen-bond acceptors (Lipinski definition) is 3. The second-order valence-electron chi connectivity index (χ2n) is 5.77. The van der Waals surface area contributed by atoms with E-state index >= 15 is 0 Å². The first kappa shape index (κ1) is 15.2. The summed E-state index contributed by atoms with van der Waals surface area (Å²) in [6, 6.07) is 13.5. The van der Waals surface area contributed by atoms with Gasteiger partial charge in [-0.1, -0.05) is 29.8 Å². The van der Waals surface area contributed by atoms with Crippen LogP contribution in [0.1, 0.15) is 32.9 Å². The van der Waals surface area contributed by atoms with E-state index < -0.39 is 0 Å². The average molecular weight is 305 g/mol. The highest BCUT2D eigenvalue weighted by atomic mass is 16.1. The summed E-state index contributed by atoms with van der Waals surface area (Å²) in [7, 11) is 0. The van der Waals surface area contributed by atoms with Crippen LogP contribution in [0.15, 0.2) is 42.5 Å². The fraction of sp³-hybridized carbons (Fsp3) is 0.211. The third kappa shape index (κ3) is 3.37. The first-order valence-electron chi connectivity index (χ1n) is 7.62. The quantitative estimate of drug-likeness (QED) is 0.806. The molecule has 3 rings (SSSR count). The highest BCUT2D eigenvalue weighted by molar-refractivity contribution is 5.97. The number of aromatic nitrogens is 2. The Hall–Kier alpha value is -2.75. The van der Waals surface area contributed by atoms with E-state index in [1.807, 2.05) is 51.1 Å². The first-order valence-corrected chi connectivity index (χ1v) is 7.62. The molecule has 0 bridgehead atoms. The number of rotatable bonds is 3. The molecule has 23 heavy (non-hydrogen) atoms. The Morgan fingerprint density at radius 2 is 1.57 bits per heavy atom. The molecular formula is C19H19N3O. The minimum Gasteiger partial charge on any atom is -0.348 e. The summed E-state index contributed by atoms with van der Waals surface area (Å²) < 4.78 is 0. The summed E-state index contributed by atoms with van der Waals surface area (Å²) in [4.78, 5) is 21.3. The summed E-state index contributed by atoms with van der Waals surface area (Å²) >= 11 is 0. The highest BCUT2D eigenvalue weighted by Gasteiger charge is 2.08. The van der Waals surface area contributed by atoms with Crippen LogP contribution in [-0.2, 0) is 6.54 Å². The lowest BCUT2D eigenvalue weighted by Crippen LogP contribution is -2.22. The van der Waals surface area contributed by atoms with Gasteiger partial charge in [0.05, 0.1) is 22.4 Å². The molecule has 1 amide bonds. The molecule has 0 spiro atoms. The maximum absolute atomic E-state index is 12.3. The van der Waals surface area contributed by atoms with E-state index in [1.54, 1.807) is 12.1 Å². The van der Waals surface area contributed by atoms with Gasteiger partial charge in [-0.15, -0.1) is 0 Å². The monoisotopic (exact) mass is 305 g/mol. The van der Waals surface area contributed by atoms with Crippen LogP contribution in [0.3, 0.4) is 0 Å². The molecule has 0 aliphatic rings. The molecule has 2 aromatic carbocycles. The van der Waals surface area contributed by atoms with Gasteiger partial charge < -0.3 is 5.32 Å². The molecule has 0 saturated heterocycles. The van der Waals surface area contributed by atoms with Crippen LogP contribution in [0.4, 0.5) is 0 Å². The number of nitrogens with one attached hydrogen (secondary N) is 1. The Labute approximate surface area is 135 Å². The molecule has 0 aliphatic heterocycles. The van der Waals surface area contributed by atoms with Crippen molar-refractivity contribution in [2.45, 2.75) is 27.3 Å². The number of carbonyl (C=O) groups is 1. The van der Waals surface area contributed by atoms with Crippen molar-refractivity contribution in [2.24, 2.45) is 0 Å². The standard InChI is InChI=1S/C19H19N3O/c1-12-4-6-15(7-5-12)11-20-19(23)16-8-9-17-18(10-16)22-14(3)13(2)21-17/h4-10H,11H2,1-3H3,(H,20,23).